The van der Waals surface area contributed by atoms with Crippen molar-refractivity contribution >= 4 is 24.2 Å². The smallest absolute Gasteiger partial charge is 0.228 e. The summed E-state index contributed by atoms with van der Waals surface area (Å²) in [5.41, 5.74) is 1.12. The quantitative estimate of drug-likeness (QED) is 0.891. The Kier molecular flexibility index (Phi) is 5.64. The number of nitrogens with zero attached hydrogens (tertiary/aromatic N) is 2. The van der Waals surface area contributed by atoms with E-state index < -0.39 is 0 Å². The maximum atomic E-state index is 13.1. The van der Waals surface area contributed by atoms with Gasteiger partial charge in [0.05, 0.1) is 5.92 Å². The molecule has 0 aromatic heterocycles. The monoisotopic (exact) mass is 363 g/mol. The highest BCUT2D eigenvalue weighted by molar-refractivity contribution is 5.89. The van der Waals surface area contributed by atoms with Crippen LogP contribution in [0.5, 0.6) is 0 Å². The molecule has 0 saturated carbocycles. The van der Waals surface area contributed by atoms with Crippen molar-refractivity contribution in [2.45, 2.75) is 44.3 Å². The third-order valence-electron chi connectivity index (χ3n) is 5.69. The number of fused-ring (bicyclic) bond motifs is 2. The summed E-state index contributed by atoms with van der Waals surface area (Å²) in [6, 6.07) is 10.7. The van der Waals surface area contributed by atoms with E-state index in [1.54, 1.807) is 0 Å². The number of carbonyl (C=O) groups excluding carboxylic acids is 2. The molecule has 3 heterocycles. The number of carbonyl (C=O) groups is 2. The molecule has 1 aromatic rings. The largest absolute Gasteiger partial charge is 0.338 e. The van der Waals surface area contributed by atoms with Gasteiger partial charge in [-0.3, -0.25) is 9.59 Å². The topological polar surface area (TPSA) is 52.7 Å². The number of likely N-dealkylation sites (tertiary alicyclic amines) is 1. The molecule has 1 aromatic carbocycles. The molecule has 2 bridgehead atoms. The highest BCUT2D eigenvalue weighted by Gasteiger charge is 2.43. The summed E-state index contributed by atoms with van der Waals surface area (Å²) >= 11 is 0. The lowest BCUT2D eigenvalue weighted by Crippen LogP contribution is -2.46. The van der Waals surface area contributed by atoms with Crippen molar-refractivity contribution in [3.8, 4) is 0 Å². The van der Waals surface area contributed by atoms with Crippen molar-refractivity contribution in [1.29, 1.82) is 0 Å². The van der Waals surface area contributed by atoms with E-state index in [-0.39, 0.29) is 30.1 Å². The van der Waals surface area contributed by atoms with Crippen molar-refractivity contribution in [2.75, 3.05) is 19.6 Å². The minimum atomic E-state index is -0.164. The van der Waals surface area contributed by atoms with E-state index in [1.165, 1.54) is 0 Å². The molecule has 6 heteroatoms. The second kappa shape index (κ2) is 7.75. The fourth-order valence-corrected chi connectivity index (χ4v) is 4.45. The molecule has 25 heavy (non-hydrogen) atoms. The molecule has 3 aliphatic heterocycles. The summed E-state index contributed by atoms with van der Waals surface area (Å²) in [7, 11) is 0. The average molecular weight is 364 g/mol. The minimum Gasteiger partial charge on any atom is -0.338 e. The molecule has 3 saturated heterocycles. The van der Waals surface area contributed by atoms with E-state index in [9.17, 15) is 9.59 Å². The Hall–Kier alpha value is -1.59. The summed E-state index contributed by atoms with van der Waals surface area (Å²) < 4.78 is 0. The van der Waals surface area contributed by atoms with Crippen molar-refractivity contribution < 1.29 is 9.59 Å². The van der Waals surface area contributed by atoms with Gasteiger partial charge in [-0.15, -0.1) is 12.4 Å². The van der Waals surface area contributed by atoms with Crippen LogP contribution in [0, 0.1) is 5.92 Å². The van der Waals surface area contributed by atoms with Crippen LogP contribution in [0.15, 0.2) is 30.3 Å². The van der Waals surface area contributed by atoms with Gasteiger partial charge in [-0.25, -0.2) is 0 Å². The van der Waals surface area contributed by atoms with E-state index in [0.717, 1.165) is 37.9 Å². The molecule has 5 nitrogen and oxygen atoms in total. The number of amides is 2. The van der Waals surface area contributed by atoms with Crippen LogP contribution in [-0.4, -0.2) is 53.3 Å². The van der Waals surface area contributed by atoms with Crippen molar-refractivity contribution in [3.63, 3.8) is 0 Å². The standard InChI is InChI=1S/C19H25N3O2.ClH/c23-18-10-15(13-21(18)12-14-4-2-1-3-5-14)19(24)22-16-6-7-17(22)11-20-9-8-16;/h1-5,15-17,20H,6-13H2;1H. The van der Waals surface area contributed by atoms with Crippen LogP contribution >= 0.6 is 12.4 Å². The lowest BCUT2D eigenvalue weighted by atomic mass is 10.1. The summed E-state index contributed by atoms with van der Waals surface area (Å²) in [4.78, 5) is 29.4. The Balaban J connectivity index is 0.00000182. The first-order chi connectivity index (χ1) is 11.7. The lowest BCUT2D eigenvalue weighted by Gasteiger charge is -2.30. The summed E-state index contributed by atoms with van der Waals surface area (Å²) in [6.07, 6.45) is 3.62. The second-order valence-electron chi connectivity index (χ2n) is 7.28. The van der Waals surface area contributed by atoms with E-state index in [0.29, 0.717) is 31.6 Å². The Labute approximate surface area is 155 Å². The second-order valence-corrected chi connectivity index (χ2v) is 7.28. The third kappa shape index (κ3) is 3.67. The molecule has 0 radical (unpaired) electrons. The summed E-state index contributed by atoms with van der Waals surface area (Å²) in [5, 5.41) is 3.43. The van der Waals surface area contributed by atoms with E-state index in [2.05, 4.69) is 10.2 Å². The predicted octanol–water partition coefficient (Wildman–Crippen LogP) is 1.81. The Bertz CT molecular complexity index is 610. The van der Waals surface area contributed by atoms with Crippen LogP contribution in [0.1, 0.15) is 31.2 Å². The summed E-state index contributed by atoms with van der Waals surface area (Å²) in [6.45, 7) is 3.07. The van der Waals surface area contributed by atoms with Gasteiger partial charge in [-0.05, 0) is 31.4 Å². The molecular weight excluding hydrogens is 338 g/mol. The van der Waals surface area contributed by atoms with Crippen LogP contribution in [0.4, 0.5) is 0 Å². The fraction of sp³-hybridized carbons (Fsp3) is 0.579. The van der Waals surface area contributed by atoms with Gasteiger partial charge in [0.25, 0.3) is 0 Å². The van der Waals surface area contributed by atoms with E-state index in [1.807, 2.05) is 35.2 Å². The number of benzene rings is 1. The third-order valence-corrected chi connectivity index (χ3v) is 5.69. The molecule has 3 aliphatic rings. The van der Waals surface area contributed by atoms with Crippen LogP contribution in [0.25, 0.3) is 0 Å². The molecule has 1 N–H and O–H groups in total. The highest BCUT2D eigenvalue weighted by atomic mass is 35.5. The Morgan fingerprint density at radius 3 is 2.68 bits per heavy atom. The van der Waals surface area contributed by atoms with Crippen LogP contribution in [-0.2, 0) is 16.1 Å². The zero-order valence-electron chi connectivity index (χ0n) is 14.4. The molecule has 3 atom stereocenters. The van der Waals surface area contributed by atoms with Gasteiger partial charge in [0.15, 0.2) is 0 Å². The van der Waals surface area contributed by atoms with Gasteiger partial charge in [-0.2, -0.15) is 0 Å². The van der Waals surface area contributed by atoms with Gasteiger partial charge < -0.3 is 15.1 Å². The number of halogens is 1. The first kappa shape index (κ1) is 18.2. The number of hydrogen-bond acceptors (Lipinski definition) is 3. The first-order valence-electron chi connectivity index (χ1n) is 9.07. The van der Waals surface area contributed by atoms with Crippen molar-refractivity contribution in [1.82, 2.24) is 15.1 Å². The molecule has 3 fully saturated rings. The molecule has 0 spiro atoms. The number of rotatable bonds is 3. The SMILES string of the molecule is Cl.O=C1CC(C(=O)N2C3CCNCC2CC3)CN1Cc1ccccc1. The van der Waals surface area contributed by atoms with Gasteiger partial charge >= 0.3 is 0 Å². The molecule has 2 amide bonds. The summed E-state index contributed by atoms with van der Waals surface area (Å²) in [5.74, 6) is 0.148. The van der Waals surface area contributed by atoms with E-state index >= 15 is 0 Å². The number of hydrogen-bond donors (Lipinski definition) is 1. The molecule has 136 valence electrons. The maximum Gasteiger partial charge on any atom is 0.228 e. The lowest BCUT2D eigenvalue weighted by molar-refractivity contribution is -0.138. The minimum absolute atomic E-state index is 0. The fourth-order valence-electron chi connectivity index (χ4n) is 4.45. The highest BCUT2D eigenvalue weighted by Crippen LogP contribution is 2.32. The van der Waals surface area contributed by atoms with Crippen LogP contribution < -0.4 is 5.32 Å². The molecule has 0 aliphatic carbocycles. The molecular formula is C19H26ClN3O2. The van der Waals surface area contributed by atoms with Gasteiger partial charge in [-0.1, -0.05) is 30.3 Å². The normalized spacial score (nSPS) is 28.6. The average Bonchev–Trinajstić information content (AvgIpc) is 3.06. The molecule has 4 rings (SSSR count). The Morgan fingerprint density at radius 1 is 1.12 bits per heavy atom. The zero-order valence-corrected chi connectivity index (χ0v) is 15.2. The van der Waals surface area contributed by atoms with E-state index in [4.69, 9.17) is 0 Å². The van der Waals surface area contributed by atoms with Crippen LogP contribution in [0.2, 0.25) is 0 Å². The first-order valence-corrected chi connectivity index (χ1v) is 9.07. The van der Waals surface area contributed by atoms with Gasteiger partial charge in [0, 0.05) is 38.1 Å². The zero-order chi connectivity index (χ0) is 16.5. The molecule has 3 unspecified atom stereocenters. The van der Waals surface area contributed by atoms with Crippen molar-refractivity contribution in [3.05, 3.63) is 35.9 Å². The van der Waals surface area contributed by atoms with Crippen molar-refractivity contribution in [2.24, 2.45) is 5.92 Å². The predicted molar refractivity (Wildman–Crippen MR) is 98.4 cm³/mol. The van der Waals surface area contributed by atoms with Gasteiger partial charge in [0.1, 0.15) is 0 Å². The Morgan fingerprint density at radius 2 is 1.88 bits per heavy atom. The maximum absolute atomic E-state index is 13.1. The number of nitrogens with one attached hydrogen (secondary N) is 1. The van der Waals surface area contributed by atoms with Gasteiger partial charge in [0.2, 0.25) is 11.8 Å². The van der Waals surface area contributed by atoms with Crippen LogP contribution in [0.3, 0.4) is 0 Å².